The second-order valence-electron chi connectivity index (χ2n) is 10.2. The lowest BCUT2D eigenvalue weighted by atomic mass is 10.0. The van der Waals surface area contributed by atoms with Gasteiger partial charge in [-0.2, -0.15) is 0 Å². The van der Waals surface area contributed by atoms with E-state index in [2.05, 4.69) is 65.4 Å². The Morgan fingerprint density at radius 3 is 2.03 bits per heavy atom. The van der Waals surface area contributed by atoms with E-state index in [1.807, 2.05) is 0 Å². The predicted molar refractivity (Wildman–Crippen MR) is 125 cm³/mol. The number of rotatable bonds is 5. The van der Waals surface area contributed by atoms with E-state index < -0.39 is 52.8 Å². The summed E-state index contributed by atoms with van der Waals surface area (Å²) in [6.07, 6.45) is -2.00. The van der Waals surface area contributed by atoms with Crippen molar-refractivity contribution in [3.63, 3.8) is 0 Å². The second kappa shape index (κ2) is 9.28. The summed E-state index contributed by atoms with van der Waals surface area (Å²) in [5, 5.41) is 11.2. The summed E-state index contributed by atoms with van der Waals surface area (Å²) in [5.74, 6) is 0. The summed E-state index contributed by atoms with van der Waals surface area (Å²) < 4.78 is 26.7. The number of aromatic nitrogens is 2. The van der Waals surface area contributed by atoms with Crippen LogP contribution in [0.3, 0.4) is 0 Å². The molecule has 1 aromatic rings. The highest BCUT2D eigenvalue weighted by Gasteiger charge is 2.61. The summed E-state index contributed by atoms with van der Waals surface area (Å²) in [6, 6.07) is 0. The highest BCUT2D eigenvalue weighted by molar-refractivity contribution is 6.83. The maximum absolute atomic E-state index is 12.4. The summed E-state index contributed by atoms with van der Waals surface area (Å²) in [5.41, 5.74) is -0.443. The normalized spacial score (nSPS) is 30.0. The molecule has 2 saturated heterocycles. The van der Waals surface area contributed by atoms with Crippen molar-refractivity contribution in [1.29, 1.82) is 0 Å². The molecule has 182 valence electrons. The van der Waals surface area contributed by atoms with Gasteiger partial charge in [0, 0.05) is 6.20 Å². The number of ether oxygens (including phenoxy) is 1. The van der Waals surface area contributed by atoms with Crippen LogP contribution in [0.5, 0.6) is 0 Å². The molecule has 2 aliphatic rings. The molecule has 1 aromatic heterocycles. The first-order valence-electron chi connectivity index (χ1n) is 11.5. The van der Waals surface area contributed by atoms with Crippen molar-refractivity contribution in [2.75, 3.05) is 6.61 Å². The minimum Gasteiger partial charge on any atom is -0.414 e. The Morgan fingerprint density at radius 1 is 0.969 bits per heavy atom. The Balaban J connectivity index is 2.08. The first-order valence-corrected chi connectivity index (χ1v) is 15.5. The Kier molecular flexibility index (Phi) is 7.40. The van der Waals surface area contributed by atoms with Crippen LogP contribution in [0.25, 0.3) is 0 Å². The van der Waals surface area contributed by atoms with Crippen LogP contribution >= 0.6 is 0 Å². The van der Waals surface area contributed by atoms with Crippen molar-refractivity contribution in [2.45, 2.75) is 102 Å². The molecule has 0 amide bonds. The average molecular weight is 487 g/mol. The van der Waals surface area contributed by atoms with Crippen molar-refractivity contribution in [1.82, 2.24) is 9.97 Å². The number of hydrogen-bond donors (Lipinski definition) is 3. The van der Waals surface area contributed by atoms with Crippen molar-refractivity contribution >= 4 is 17.1 Å². The van der Waals surface area contributed by atoms with Gasteiger partial charge in [0.05, 0.1) is 12.2 Å². The molecule has 0 aliphatic carbocycles. The third-order valence-electron chi connectivity index (χ3n) is 6.82. The zero-order valence-corrected chi connectivity index (χ0v) is 22.3. The summed E-state index contributed by atoms with van der Waals surface area (Å²) in [6.45, 7) is 17.2. The molecule has 3 rings (SSSR count). The minimum atomic E-state index is -2.91. The van der Waals surface area contributed by atoms with Gasteiger partial charge in [-0.15, -0.1) is 0 Å². The summed E-state index contributed by atoms with van der Waals surface area (Å²) in [7, 11) is -5.63. The third kappa shape index (κ3) is 4.24. The SMILES string of the molecule is CC(C)[Si]1(C(C)C)OCC2OC(c3c[nH]c(=O)[nH]c3=O)C(O)C2O[Si](C(C)C)(C(C)C)O1. The largest absolute Gasteiger partial charge is 0.414 e. The first kappa shape index (κ1) is 25.5. The van der Waals surface area contributed by atoms with E-state index in [4.69, 9.17) is 17.7 Å². The van der Waals surface area contributed by atoms with Crippen molar-refractivity contribution in [3.8, 4) is 0 Å². The Labute approximate surface area is 191 Å². The molecule has 11 heteroatoms. The van der Waals surface area contributed by atoms with E-state index in [-0.39, 0.29) is 34.3 Å². The molecular weight excluding hydrogens is 448 g/mol. The van der Waals surface area contributed by atoms with Crippen molar-refractivity contribution in [2.24, 2.45) is 0 Å². The van der Waals surface area contributed by atoms with E-state index in [0.717, 1.165) is 0 Å². The van der Waals surface area contributed by atoms with Crippen LogP contribution in [0.4, 0.5) is 0 Å². The maximum atomic E-state index is 12.4. The molecular formula is C21H38N2O7Si2. The van der Waals surface area contributed by atoms with Gasteiger partial charge in [-0.25, -0.2) is 4.79 Å². The number of aliphatic hydroxyl groups is 1. The molecule has 0 spiro atoms. The van der Waals surface area contributed by atoms with Gasteiger partial charge >= 0.3 is 22.8 Å². The van der Waals surface area contributed by atoms with Crippen LogP contribution in [-0.2, 0) is 17.7 Å². The molecule has 2 aliphatic heterocycles. The highest BCUT2D eigenvalue weighted by Crippen LogP contribution is 2.48. The van der Waals surface area contributed by atoms with E-state index in [1.54, 1.807) is 0 Å². The van der Waals surface area contributed by atoms with Crippen LogP contribution in [-0.4, -0.2) is 57.1 Å². The lowest BCUT2D eigenvalue weighted by molar-refractivity contribution is -0.0393. The fraction of sp³-hybridized carbons (Fsp3) is 0.810. The molecule has 4 unspecified atom stereocenters. The molecule has 0 aromatic carbocycles. The molecule has 9 nitrogen and oxygen atoms in total. The van der Waals surface area contributed by atoms with Gasteiger partial charge in [0.15, 0.2) is 0 Å². The maximum Gasteiger partial charge on any atom is 0.335 e. The van der Waals surface area contributed by atoms with Gasteiger partial charge in [-0.1, -0.05) is 55.4 Å². The van der Waals surface area contributed by atoms with Crippen LogP contribution in [0.15, 0.2) is 15.8 Å². The van der Waals surface area contributed by atoms with Crippen LogP contribution in [0, 0.1) is 0 Å². The molecule has 0 saturated carbocycles. The molecule has 32 heavy (non-hydrogen) atoms. The summed E-state index contributed by atoms with van der Waals surface area (Å²) in [4.78, 5) is 28.5. The van der Waals surface area contributed by atoms with E-state index >= 15 is 0 Å². The van der Waals surface area contributed by atoms with E-state index in [0.29, 0.717) is 0 Å². The Bertz CT molecular complexity index is 898. The number of fused-ring (bicyclic) bond motifs is 1. The van der Waals surface area contributed by atoms with Gasteiger partial charge < -0.3 is 27.8 Å². The number of aliphatic hydroxyl groups excluding tert-OH is 1. The smallest absolute Gasteiger partial charge is 0.335 e. The van der Waals surface area contributed by atoms with Crippen LogP contribution in [0.1, 0.15) is 67.1 Å². The molecule has 4 atom stereocenters. The monoisotopic (exact) mass is 486 g/mol. The fourth-order valence-corrected chi connectivity index (χ4v) is 16.3. The molecule has 0 bridgehead atoms. The average Bonchev–Trinajstić information content (AvgIpc) is 2.96. The van der Waals surface area contributed by atoms with Crippen molar-refractivity contribution in [3.05, 3.63) is 32.6 Å². The standard InChI is InChI=1S/C21H38N2O7Si2/c1-11(2)31(12(3)4)27-10-16-19(29-32(30-31,13(5)6)14(7)8)17(24)18(28-16)15-9-22-21(26)23-20(15)25/h9,11-14,16-19,24H,10H2,1-8H3,(H2,22,23,25,26). The third-order valence-corrected chi connectivity index (χ3v) is 17.1. The minimum absolute atomic E-state index is 0.108. The molecule has 3 N–H and O–H groups in total. The summed E-state index contributed by atoms with van der Waals surface area (Å²) >= 11 is 0. The molecule has 2 fully saturated rings. The first-order chi connectivity index (χ1) is 14.9. The second-order valence-corrected chi connectivity index (χ2v) is 19.0. The van der Waals surface area contributed by atoms with E-state index in [1.165, 1.54) is 6.20 Å². The van der Waals surface area contributed by atoms with Crippen LogP contribution in [0.2, 0.25) is 22.2 Å². The van der Waals surface area contributed by atoms with E-state index in [9.17, 15) is 14.7 Å². The van der Waals surface area contributed by atoms with Gasteiger partial charge in [0.2, 0.25) is 0 Å². The van der Waals surface area contributed by atoms with Gasteiger partial charge in [-0.05, 0) is 22.2 Å². The van der Waals surface area contributed by atoms with Gasteiger partial charge in [0.25, 0.3) is 5.56 Å². The number of hydrogen-bond acceptors (Lipinski definition) is 7. The fourth-order valence-electron chi connectivity index (χ4n) is 5.05. The topological polar surface area (TPSA) is 123 Å². The van der Waals surface area contributed by atoms with Crippen molar-refractivity contribution < 1.29 is 22.8 Å². The Hall–Kier alpha value is -1.09. The Morgan fingerprint density at radius 2 is 1.53 bits per heavy atom. The zero-order chi connectivity index (χ0) is 24.0. The molecule has 0 radical (unpaired) electrons. The number of nitrogens with one attached hydrogen (secondary N) is 2. The lowest BCUT2D eigenvalue weighted by Gasteiger charge is -2.51. The lowest BCUT2D eigenvalue weighted by Crippen LogP contribution is -2.65. The predicted octanol–water partition coefficient (Wildman–Crippen LogP) is 2.82. The van der Waals surface area contributed by atoms with Gasteiger partial charge in [-0.3, -0.25) is 9.78 Å². The zero-order valence-electron chi connectivity index (χ0n) is 20.3. The highest BCUT2D eigenvalue weighted by atomic mass is 28.5. The van der Waals surface area contributed by atoms with Gasteiger partial charge in [0.1, 0.15) is 24.4 Å². The quantitative estimate of drug-likeness (QED) is 0.547. The molecule has 3 heterocycles. The van der Waals surface area contributed by atoms with Crippen LogP contribution < -0.4 is 11.2 Å². The number of H-pyrrole nitrogens is 2. The number of aromatic amines is 2.